The Morgan fingerprint density at radius 2 is 2.04 bits per heavy atom. The zero-order valence-electron chi connectivity index (χ0n) is 15.2. The van der Waals surface area contributed by atoms with Crippen LogP contribution < -0.4 is 10.6 Å². The van der Waals surface area contributed by atoms with E-state index in [1.54, 1.807) is 6.20 Å². The molecule has 1 aromatic carbocycles. The molecule has 0 unspecified atom stereocenters. The van der Waals surface area contributed by atoms with E-state index < -0.39 is 0 Å². The molecule has 2 rings (SSSR count). The Morgan fingerprint density at radius 1 is 1.28 bits per heavy atom. The first-order chi connectivity index (χ1) is 11.9. The number of aromatic nitrogens is 2. The van der Waals surface area contributed by atoms with Gasteiger partial charge < -0.3 is 20.3 Å². The maximum absolute atomic E-state index is 12.0. The Hall–Kier alpha value is -2.34. The van der Waals surface area contributed by atoms with Gasteiger partial charge in [0.25, 0.3) is 0 Å². The zero-order chi connectivity index (χ0) is 18.3. The minimum atomic E-state index is -0.193. The fraction of sp³-hybridized carbons (Fsp3) is 0.474. The number of aryl methyl sites for hydroxylation is 1. The van der Waals surface area contributed by atoms with E-state index in [9.17, 15) is 4.79 Å². The minimum Gasteiger partial charge on any atom is -0.396 e. The minimum absolute atomic E-state index is 0.116. The fourth-order valence-electron chi connectivity index (χ4n) is 2.56. The van der Waals surface area contributed by atoms with Crippen LogP contribution in [0.3, 0.4) is 0 Å². The number of benzene rings is 1. The molecule has 136 valence electrons. The number of aliphatic hydroxyl groups is 1. The second kappa shape index (κ2) is 8.67. The van der Waals surface area contributed by atoms with Crippen LogP contribution in [0.5, 0.6) is 0 Å². The third-order valence-electron chi connectivity index (χ3n) is 4.24. The summed E-state index contributed by atoms with van der Waals surface area (Å²) in [6.07, 6.45) is 4.41. The number of nitrogens with zero attached hydrogens (tertiary/aromatic N) is 2. The van der Waals surface area contributed by atoms with Crippen molar-refractivity contribution < 1.29 is 9.90 Å². The molecule has 0 fully saturated rings. The number of amides is 2. The summed E-state index contributed by atoms with van der Waals surface area (Å²) in [5.41, 5.74) is 2.11. The van der Waals surface area contributed by atoms with Gasteiger partial charge in [-0.1, -0.05) is 38.1 Å². The summed E-state index contributed by atoms with van der Waals surface area (Å²) in [5.74, 6) is 0.980. The van der Waals surface area contributed by atoms with Crippen LogP contribution in [0.1, 0.15) is 37.2 Å². The Balaban J connectivity index is 1.83. The zero-order valence-corrected chi connectivity index (χ0v) is 15.2. The lowest BCUT2D eigenvalue weighted by atomic mass is 9.90. The molecule has 0 saturated carbocycles. The average Bonchev–Trinajstić information content (AvgIpc) is 2.96. The average molecular weight is 344 g/mol. The molecule has 0 atom stereocenters. The molecule has 0 aliphatic heterocycles. The van der Waals surface area contributed by atoms with Gasteiger partial charge in [0.1, 0.15) is 5.82 Å². The van der Waals surface area contributed by atoms with Crippen molar-refractivity contribution in [1.29, 1.82) is 0 Å². The molecule has 1 aromatic heterocycles. The summed E-state index contributed by atoms with van der Waals surface area (Å²) >= 11 is 0. The molecule has 0 aliphatic rings. The highest BCUT2D eigenvalue weighted by atomic mass is 16.3. The molecular weight excluding hydrogens is 316 g/mol. The monoisotopic (exact) mass is 344 g/mol. The predicted molar refractivity (Wildman–Crippen MR) is 98.2 cm³/mol. The van der Waals surface area contributed by atoms with E-state index in [2.05, 4.69) is 32.3 Å². The van der Waals surface area contributed by atoms with Crippen molar-refractivity contribution in [3.8, 4) is 0 Å². The van der Waals surface area contributed by atoms with Crippen molar-refractivity contribution in [2.75, 3.05) is 13.2 Å². The van der Waals surface area contributed by atoms with Gasteiger partial charge in [-0.05, 0) is 29.9 Å². The molecular formula is C19H28N4O2. The second-order valence-electron chi connectivity index (χ2n) is 7.10. The molecule has 0 radical (unpaired) electrons. The highest BCUT2D eigenvalue weighted by Gasteiger charge is 2.17. The lowest BCUT2D eigenvalue weighted by Gasteiger charge is -2.23. The molecule has 0 saturated heterocycles. The van der Waals surface area contributed by atoms with Gasteiger partial charge >= 0.3 is 6.03 Å². The summed E-state index contributed by atoms with van der Waals surface area (Å²) in [4.78, 5) is 16.2. The molecule has 6 heteroatoms. The van der Waals surface area contributed by atoms with Gasteiger partial charge in [-0.15, -0.1) is 0 Å². The summed E-state index contributed by atoms with van der Waals surface area (Å²) in [5, 5.41) is 14.8. The van der Waals surface area contributed by atoms with Crippen LogP contribution in [0.15, 0.2) is 36.7 Å². The first-order valence-electron chi connectivity index (χ1n) is 8.58. The van der Waals surface area contributed by atoms with Crippen LogP contribution in [0.25, 0.3) is 0 Å². The third-order valence-corrected chi connectivity index (χ3v) is 4.24. The van der Waals surface area contributed by atoms with Crippen LogP contribution in [0.2, 0.25) is 0 Å². The molecule has 0 aliphatic carbocycles. The number of aliphatic hydroxyl groups excluding tert-OH is 1. The molecule has 2 aromatic rings. The van der Waals surface area contributed by atoms with Gasteiger partial charge in [0.15, 0.2) is 0 Å². The lowest BCUT2D eigenvalue weighted by molar-refractivity contribution is 0.201. The van der Waals surface area contributed by atoms with Crippen molar-refractivity contribution in [1.82, 2.24) is 20.2 Å². The molecule has 6 nitrogen and oxygen atoms in total. The molecule has 1 heterocycles. The van der Waals surface area contributed by atoms with Gasteiger partial charge in [-0.2, -0.15) is 0 Å². The van der Waals surface area contributed by atoms with E-state index in [-0.39, 0.29) is 18.1 Å². The number of hydrogen-bond acceptors (Lipinski definition) is 3. The number of carbonyl (C=O) groups is 1. The van der Waals surface area contributed by atoms with Gasteiger partial charge in [-0.25, -0.2) is 9.78 Å². The highest BCUT2D eigenvalue weighted by Crippen LogP contribution is 2.17. The topological polar surface area (TPSA) is 79.2 Å². The normalized spacial score (nSPS) is 11.4. The predicted octanol–water partition coefficient (Wildman–Crippen LogP) is 2.45. The van der Waals surface area contributed by atoms with E-state index >= 15 is 0 Å². The number of imidazole rings is 1. The Morgan fingerprint density at radius 3 is 2.72 bits per heavy atom. The summed E-state index contributed by atoms with van der Waals surface area (Å²) in [6.45, 7) is 7.91. The van der Waals surface area contributed by atoms with Crippen molar-refractivity contribution in [2.24, 2.45) is 5.41 Å². The van der Waals surface area contributed by atoms with Crippen molar-refractivity contribution in [3.63, 3.8) is 0 Å². The quantitative estimate of drug-likeness (QED) is 0.688. The van der Waals surface area contributed by atoms with Crippen LogP contribution in [0.4, 0.5) is 4.79 Å². The van der Waals surface area contributed by atoms with E-state index in [0.717, 1.165) is 17.9 Å². The SMILES string of the molecule is Cc1nccn1Cc1cccc(CNC(=O)NCC(C)(C)CCO)c1. The summed E-state index contributed by atoms with van der Waals surface area (Å²) in [7, 11) is 0. The maximum atomic E-state index is 12.0. The smallest absolute Gasteiger partial charge is 0.315 e. The first-order valence-corrected chi connectivity index (χ1v) is 8.58. The standard InChI is InChI=1S/C19H28N4O2/c1-15-20-8-9-23(15)13-17-6-4-5-16(11-17)12-21-18(25)22-14-19(2,3)7-10-24/h4-6,8-9,11,24H,7,10,12-14H2,1-3H3,(H2,21,22,25). The molecule has 0 bridgehead atoms. The van der Waals surface area contributed by atoms with Crippen molar-refractivity contribution in [2.45, 2.75) is 40.3 Å². The van der Waals surface area contributed by atoms with E-state index in [1.807, 2.05) is 39.1 Å². The summed E-state index contributed by atoms with van der Waals surface area (Å²) < 4.78 is 2.09. The largest absolute Gasteiger partial charge is 0.396 e. The van der Waals surface area contributed by atoms with Gasteiger partial charge in [0.2, 0.25) is 0 Å². The Bertz CT molecular complexity index is 694. The lowest BCUT2D eigenvalue weighted by Crippen LogP contribution is -2.40. The molecule has 2 amide bonds. The summed E-state index contributed by atoms with van der Waals surface area (Å²) in [6, 6.07) is 7.97. The second-order valence-corrected chi connectivity index (χ2v) is 7.10. The van der Waals surface area contributed by atoms with Crippen LogP contribution in [-0.2, 0) is 13.1 Å². The third kappa shape index (κ3) is 6.23. The van der Waals surface area contributed by atoms with Gasteiger partial charge in [0, 0.05) is 38.6 Å². The van der Waals surface area contributed by atoms with Gasteiger partial charge in [0.05, 0.1) is 0 Å². The first kappa shape index (κ1) is 19.0. The Labute approximate surface area is 149 Å². The van der Waals surface area contributed by atoms with E-state index in [4.69, 9.17) is 5.11 Å². The van der Waals surface area contributed by atoms with E-state index in [1.165, 1.54) is 5.56 Å². The highest BCUT2D eigenvalue weighted by molar-refractivity contribution is 5.73. The number of nitrogens with one attached hydrogen (secondary N) is 2. The van der Waals surface area contributed by atoms with Crippen LogP contribution in [0, 0.1) is 12.3 Å². The van der Waals surface area contributed by atoms with Crippen LogP contribution >= 0.6 is 0 Å². The number of hydrogen-bond donors (Lipinski definition) is 3. The van der Waals surface area contributed by atoms with Crippen molar-refractivity contribution >= 4 is 6.03 Å². The molecule has 25 heavy (non-hydrogen) atoms. The maximum Gasteiger partial charge on any atom is 0.315 e. The number of urea groups is 1. The van der Waals surface area contributed by atoms with Gasteiger partial charge in [-0.3, -0.25) is 0 Å². The van der Waals surface area contributed by atoms with Crippen LogP contribution in [-0.4, -0.2) is 33.8 Å². The molecule has 3 N–H and O–H groups in total. The van der Waals surface area contributed by atoms with Crippen molar-refractivity contribution in [3.05, 3.63) is 53.6 Å². The fourth-order valence-corrected chi connectivity index (χ4v) is 2.56. The number of carbonyl (C=O) groups excluding carboxylic acids is 1. The van der Waals surface area contributed by atoms with E-state index in [0.29, 0.717) is 19.5 Å². The molecule has 0 spiro atoms. The Kier molecular flexibility index (Phi) is 6.58. The number of rotatable bonds is 8.